The molecule has 0 spiro atoms. The van der Waals surface area contributed by atoms with Gasteiger partial charge < -0.3 is 0 Å². The Hall–Kier alpha value is -0.340. The Morgan fingerprint density at radius 2 is 2.50 bits per heavy atom. The van der Waals surface area contributed by atoms with E-state index in [-0.39, 0.29) is 5.78 Å². The van der Waals surface area contributed by atoms with Gasteiger partial charge in [-0.05, 0) is 18.4 Å². The predicted octanol–water partition coefficient (Wildman–Crippen LogP) is 2.56. The first-order valence-corrected chi connectivity index (χ1v) is 4.25. The molecular weight excluding hydrogens is 168 g/mol. The third-order valence-corrected chi connectivity index (χ3v) is 2.21. The second kappa shape index (κ2) is 3.17. The molecule has 3 heteroatoms. The van der Waals surface area contributed by atoms with Crippen LogP contribution in [0.15, 0.2) is 17.5 Å². The van der Waals surface area contributed by atoms with Crippen LogP contribution in [0.3, 0.4) is 0 Å². The highest BCUT2D eigenvalue weighted by Crippen LogP contribution is 2.13. The summed E-state index contributed by atoms with van der Waals surface area (Å²) in [5.74, 6) is 0.0108. The normalized spacial score (nSPS) is 13.0. The van der Waals surface area contributed by atoms with Crippen molar-refractivity contribution in [2.75, 3.05) is 0 Å². The number of hydrogen-bond donors (Lipinski definition) is 0. The molecule has 0 aromatic carbocycles. The van der Waals surface area contributed by atoms with Crippen LogP contribution >= 0.6 is 22.9 Å². The Kier molecular flexibility index (Phi) is 2.46. The van der Waals surface area contributed by atoms with Gasteiger partial charge >= 0.3 is 0 Å². The summed E-state index contributed by atoms with van der Waals surface area (Å²) < 4.78 is 0. The van der Waals surface area contributed by atoms with Gasteiger partial charge in [0.15, 0.2) is 5.78 Å². The van der Waals surface area contributed by atoms with Crippen molar-refractivity contribution >= 4 is 28.7 Å². The van der Waals surface area contributed by atoms with Gasteiger partial charge in [-0.3, -0.25) is 4.79 Å². The standard InChI is InChI=1S/C7H7ClOS/c1-5(8)7(9)6-3-2-4-10-6/h2-5H,1H3. The molecule has 1 atom stereocenters. The molecule has 10 heavy (non-hydrogen) atoms. The summed E-state index contributed by atoms with van der Waals surface area (Å²) in [4.78, 5) is 11.8. The maximum absolute atomic E-state index is 11.1. The molecule has 0 amide bonds. The molecule has 1 aromatic rings. The lowest BCUT2D eigenvalue weighted by atomic mass is 10.2. The highest BCUT2D eigenvalue weighted by molar-refractivity contribution is 7.12. The lowest BCUT2D eigenvalue weighted by Crippen LogP contribution is -2.07. The van der Waals surface area contributed by atoms with E-state index in [1.54, 1.807) is 13.0 Å². The van der Waals surface area contributed by atoms with Crippen molar-refractivity contribution in [2.45, 2.75) is 12.3 Å². The fourth-order valence-corrected chi connectivity index (χ4v) is 1.55. The Balaban J connectivity index is 2.78. The van der Waals surface area contributed by atoms with Gasteiger partial charge in [0.2, 0.25) is 0 Å². The van der Waals surface area contributed by atoms with Crippen LogP contribution in [0.2, 0.25) is 0 Å². The fourth-order valence-electron chi connectivity index (χ4n) is 0.615. The van der Waals surface area contributed by atoms with Crippen LogP contribution in [-0.2, 0) is 0 Å². The molecule has 0 aliphatic heterocycles. The van der Waals surface area contributed by atoms with Crippen LogP contribution in [0.5, 0.6) is 0 Å². The minimum absolute atomic E-state index is 0.0108. The van der Waals surface area contributed by atoms with Crippen molar-refractivity contribution in [3.8, 4) is 0 Å². The van der Waals surface area contributed by atoms with E-state index in [0.717, 1.165) is 4.88 Å². The first kappa shape index (κ1) is 7.76. The summed E-state index contributed by atoms with van der Waals surface area (Å²) in [5, 5.41) is 1.46. The zero-order chi connectivity index (χ0) is 7.56. The minimum atomic E-state index is -0.404. The smallest absolute Gasteiger partial charge is 0.190 e. The van der Waals surface area contributed by atoms with E-state index in [9.17, 15) is 4.79 Å². The first-order chi connectivity index (χ1) is 4.72. The molecule has 0 radical (unpaired) electrons. The van der Waals surface area contributed by atoms with Crippen LogP contribution in [0.25, 0.3) is 0 Å². The van der Waals surface area contributed by atoms with Crippen molar-refractivity contribution in [3.63, 3.8) is 0 Å². The van der Waals surface area contributed by atoms with Crippen LogP contribution in [0.1, 0.15) is 16.6 Å². The third-order valence-electron chi connectivity index (χ3n) is 1.13. The molecule has 0 fully saturated rings. The lowest BCUT2D eigenvalue weighted by Gasteiger charge is -1.95. The molecule has 0 bridgehead atoms. The SMILES string of the molecule is CC(Cl)C(=O)c1cccs1. The second-order valence-corrected chi connectivity index (χ2v) is 3.56. The predicted molar refractivity (Wildman–Crippen MR) is 44.0 cm³/mol. The Morgan fingerprint density at radius 3 is 2.90 bits per heavy atom. The van der Waals surface area contributed by atoms with E-state index in [2.05, 4.69) is 0 Å². The minimum Gasteiger partial charge on any atom is -0.292 e. The average molecular weight is 175 g/mol. The lowest BCUT2D eigenvalue weighted by molar-refractivity contribution is 0.0995. The van der Waals surface area contributed by atoms with Gasteiger partial charge in [-0.25, -0.2) is 0 Å². The molecular formula is C7H7ClOS. The number of alkyl halides is 1. The highest BCUT2D eigenvalue weighted by Gasteiger charge is 2.11. The largest absolute Gasteiger partial charge is 0.292 e. The molecule has 1 nitrogen and oxygen atoms in total. The topological polar surface area (TPSA) is 17.1 Å². The number of halogens is 1. The number of carbonyl (C=O) groups excluding carboxylic acids is 1. The average Bonchev–Trinajstić information content (AvgIpc) is 2.36. The Morgan fingerprint density at radius 1 is 1.80 bits per heavy atom. The molecule has 0 N–H and O–H groups in total. The molecule has 1 heterocycles. The van der Waals surface area contributed by atoms with Crippen molar-refractivity contribution in [2.24, 2.45) is 0 Å². The van der Waals surface area contributed by atoms with Crippen molar-refractivity contribution in [1.29, 1.82) is 0 Å². The van der Waals surface area contributed by atoms with E-state index in [0.29, 0.717) is 0 Å². The number of thiophene rings is 1. The number of hydrogen-bond acceptors (Lipinski definition) is 2. The van der Waals surface area contributed by atoms with Crippen molar-refractivity contribution in [3.05, 3.63) is 22.4 Å². The first-order valence-electron chi connectivity index (χ1n) is 2.93. The Labute approximate surface area is 68.6 Å². The zero-order valence-electron chi connectivity index (χ0n) is 5.50. The summed E-state index contributed by atoms with van der Waals surface area (Å²) in [5.41, 5.74) is 0. The number of Topliss-reactive ketones (excluding diaryl/α,β-unsaturated/α-hetero) is 1. The van der Waals surface area contributed by atoms with Crippen molar-refractivity contribution in [1.82, 2.24) is 0 Å². The molecule has 1 rings (SSSR count). The summed E-state index contributed by atoms with van der Waals surface area (Å²) in [6.07, 6.45) is 0. The van der Waals surface area contributed by atoms with E-state index in [1.165, 1.54) is 11.3 Å². The third kappa shape index (κ3) is 1.58. The molecule has 0 aliphatic carbocycles. The van der Waals surface area contributed by atoms with Gasteiger partial charge in [-0.2, -0.15) is 0 Å². The molecule has 0 saturated carbocycles. The van der Waals surface area contributed by atoms with Crippen molar-refractivity contribution < 1.29 is 4.79 Å². The van der Waals surface area contributed by atoms with Crippen LogP contribution in [0, 0.1) is 0 Å². The quantitative estimate of drug-likeness (QED) is 0.498. The molecule has 0 saturated heterocycles. The number of carbonyl (C=O) groups is 1. The van der Waals surface area contributed by atoms with Crippen LogP contribution < -0.4 is 0 Å². The monoisotopic (exact) mass is 174 g/mol. The molecule has 1 unspecified atom stereocenters. The van der Waals surface area contributed by atoms with E-state index in [1.807, 2.05) is 11.4 Å². The summed E-state index contributed by atoms with van der Waals surface area (Å²) >= 11 is 7.00. The summed E-state index contributed by atoms with van der Waals surface area (Å²) in [6.45, 7) is 1.68. The van der Waals surface area contributed by atoms with E-state index >= 15 is 0 Å². The van der Waals surface area contributed by atoms with E-state index in [4.69, 9.17) is 11.6 Å². The number of ketones is 1. The van der Waals surface area contributed by atoms with Gasteiger partial charge in [0.05, 0.1) is 10.3 Å². The van der Waals surface area contributed by atoms with Gasteiger partial charge in [0.25, 0.3) is 0 Å². The molecule has 0 aliphatic rings. The fraction of sp³-hybridized carbons (Fsp3) is 0.286. The maximum atomic E-state index is 11.1. The van der Waals surface area contributed by atoms with Gasteiger partial charge in [0.1, 0.15) is 0 Å². The van der Waals surface area contributed by atoms with Gasteiger partial charge in [-0.1, -0.05) is 6.07 Å². The summed E-state index contributed by atoms with van der Waals surface area (Å²) in [6, 6.07) is 3.63. The van der Waals surface area contributed by atoms with Crippen LogP contribution in [-0.4, -0.2) is 11.2 Å². The summed E-state index contributed by atoms with van der Waals surface area (Å²) in [7, 11) is 0. The zero-order valence-corrected chi connectivity index (χ0v) is 7.08. The molecule has 54 valence electrons. The Bertz CT molecular complexity index is 216. The van der Waals surface area contributed by atoms with Gasteiger partial charge in [0, 0.05) is 0 Å². The molecule has 1 aromatic heterocycles. The number of rotatable bonds is 2. The van der Waals surface area contributed by atoms with Crippen LogP contribution in [0.4, 0.5) is 0 Å². The highest BCUT2D eigenvalue weighted by atomic mass is 35.5. The van der Waals surface area contributed by atoms with E-state index < -0.39 is 5.38 Å². The van der Waals surface area contributed by atoms with Gasteiger partial charge in [-0.15, -0.1) is 22.9 Å². The second-order valence-electron chi connectivity index (χ2n) is 1.96. The maximum Gasteiger partial charge on any atom is 0.190 e.